The van der Waals surface area contributed by atoms with Crippen molar-refractivity contribution in [1.82, 2.24) is 10.2 Å². The molecule has 0 aromatic heterocycles. The van der Waals surface area contributed by atoms with E-state index in [9.17, 15) is 14.9 Å². The van der Waals surface area contributed by atoms with Crippen LogP contribution in [-0.4, -0.2) is 41.9 Å². The van der Waals surface area contributed by atoms with Crippen molar-refractivity contribution < 1.29 is 9.72 Å². The van der Waals surface area contributed by atoms with Crippen molar-refractivity contribution in [2.45, 2.75) is 19.0 Å². The van der Waals surface area contributed by atoms with Crippen LogP contribution in [-0.2, 0) is 6.54 Å². The number of nitrogens with two attached hydrogens (primary N) is 1. The van der Waals surface area contributed by atoms with Crippen molar-refractivity contribution in [3.8, 4) is 0 Å². The number of rotatable bonds is 5. The molecule has 1 atom stereocenters. The SMILES string of the molecule is CNC1CCN(Cc2ccc(C(N)=O)cc2[N+](=O)[O-])C1.Cl. The summed E-state index contributed by atoms with van der Waals surface area (Å²) in [7, 11) is 1.91. The van der Waals surface area contributed by atoms with Crippen molar-refractivity contribution >= 4 is 24.0 Å². The van der Waals surface area contributed by atoms with Crippen LogP contribution < -0.4 is 11.1 Å². The first-order valence-electron chi connectivity index (χ1n) is 6.48. The highest BCUT2D eigenvalue weighted by Crippen LogP contribution is 2.23. The highest BCUT2D eigenvalue weighted by atomic mass is 35.5. The number of hydrogen-bond donors (Lipinski definition) is 2. The van der Waals surface area contributed by atoms with Crippen molar-refractivity contribution in [2.24, 2.45) is 5.73 Å². The molecule has 1 aliphatic rings. The lowest BCUT2D eigenvalue weighted by Gasteiger charge is -2.16. The van der Waals surface area contributed by atoms with E-state index in [-0.39, 0.29) is 23.7 Å². The van der Waals surface area contributed by atoms with Gasteiger partial charge in [-0.05, 0) is 19.5 Å². The van der Waals surface area contributed by atoms with Crippen LogP contribution in [0, 0.1) is 10.1 Å². The fraction of sp³-hybridized carbons (Fsp3) is 0.462. The Bertz CT molecular complexity index is 538. The van der Waals surface area contributed by atoms with Crippen LogP contribution in [0.4, 0.5) is 5.69 Å². The molecule has 7 nitrogen and oxygen atoms in total. The third-order valence-electron chi connectivity index (χ3n) is 3.64. The average Bonchev–Trinajstić information content (AvgIpc) is 2.86. The van der Waals surface area contributed by atoms with E-state index in [0.717, 1.165) is 19.5 Å². The largest absolute Gasteiger partial charge is 0.366 e. The molecular formula is C13H19ClN4O3. The van der Waals surface area contributed by atoms with E-state index >= 15 is 0 Å². The van der Waals surface area contributed by atoms with Gasteiger partial charge in [0, 0.05) is 42.9 Å². The molecule has 3 N–H and O–H groups in total. The number of primary amides is 1. The summed E-state index contributed by atoms with van der Waals surface area (Å²) in [6.07, 6.45) is 1.03. The van der Waals surface area contributed by atoms with Crippen molar-refractivity contribution in [1.29, 1.82) is 0 Å². The van der Waals surface area contributed by atoms with Gasteiger partial charge in [0.25, 0.3) is 5.69 Å². The molecule has 0 spiro atoms. The minimum absolute atomic E-state index is 0. The van der Waals surface area contributed by atoms with Crippen LogP contribution in [0.1, 0.15) is 22.3 Å². The lowest BCUT2D eigenvalue weighted by atomic mass is 10.1. The molecule has 1 amide bonds. The Morgan fingerprint density at radius 2 is 2.29 bits per heavy atom. The second kappa shape index (κ2) is 7.35. The number of likely N-dealkylation sites (N-methyl/N-ethyl adjacent to an activating group) is 1. The zero-order valence-corrected chi connectivity index (χ0v) is 12.6. The van der Waals surface area contributed by atoms with Gasteiger partial charge >= 0.3 is 0 Å². The van der Waals surface area contributed by atoms with Crippen LogP contribution in [0.15, 0.2) is 18.2 Å². The highest BCUT2D eigenvalue weighted by molar-refractivity contribution is 5.93. The molecule has 116 valence electrons. The van der Waals surface area contributed by atoms with Gasteiger partial charge in [-0.15, -0.1) is 12.4 Å². The van der Waals surface area contributed by atoms with Gasteiger partial charge in [0.05, 0.1) is 4.92 Å². The lowest BCUT2D eigenvalue weighted by molar-refractivity contribution is -0.385. The maximum absolute atomic E-state index is 11.1. The van der Waals surface area contributed by atoms with Gasteiger partial charge in [-0.1, -0.05) is 6.07 Å². The molecule has 0 saturated carbocycles. The summed E-state index contributed by atoms with van der Waals surface area (Å²) in [5, 5.41) is 14.3. The van der Waals surface area contributed by atoms with Gasteiger partial charge in [-0.3, -0.25) is 19.8 Å². The summed E-state index contributed by atoms with van der Waals surface area (Å²) >= 11 is 0. The zero-order chi connectivity index (χ0) is 14.7. The Morgan fingerprint density at radius 3 is 2.81 bits per heavy atom. The minimum atomic E-state index is -0.656. The fourth-order valence-electron chi connectivity index (χ4n) is 2.47. The second-order valence-electron chi connectivity index (χ2n) is 4.97. The van der Waals surface area contributed by atoms with E-state index in [1.807, 2.05) is 7.05 Å². The molecule has 0 aliphatic carbocycles. The van der Waals surface area contributed by atoms with Gasteiger partial charge in [0.1, 0.15) is 0 Å². The quantitative estimate of drug-likeness (QED) is 0.621. The van der Waals surface area contributed by atoms with Gasteiger partial charge in [0.2, 0.25) is 5.91 Å². The van der Waals surface area contributed by atoms with Crippen LogP contribution in [0.2, 0.25) is 0 Å². The third kappa shape index (κ3) is 4.13. The Morgan fingerprint density at radius 1 is 1.57 bits per heavy atom. The first-order valence-corrected chi connectivity index (χ1v) is 6.48. The first kappa shape index (κ1) is 17.4. The standard InChI is InChI=1S/C13H18N4O3.ClH/c1-15-11-4-5-16(8-11)7-10-3-2-9(13(14)18)6-12(10)17(19)20;/h2-3,6,11,15H,4-5,7-8H2,1H3,(H2,14,18);1H. The van der Waals surface area contributed by atoms with Crippen LogP contribution >= 0.6 is 12.4 Å². The number of carbonyl (C=O) groups is 1. The van der Waals surface area contributed by atoms with Crippen LogP contribution in [0.5, 0.6) is 0 Å². The van der Waals surface area contributed by atoms with Crippen molar-refractivity contribution in [3.63, 3.8) is 0 Å². The van der Waals surface area contributed by atoms with Gasteiger partial charge in [-0.25, -0.2) is 0 Å². The van der Waals surface area contributed by atoms with Crippen molar-refractivity contribution in [3.05, 3.63) is 39.4 Å². The highest BCUT2D eigenvalue weighted by Gasteiger charge is 2.24. The van der Waals surface area contributed by atoms with E-state index in [4.69, 9.17) is 5.73 Å². The zero-order valence-electron chi connectivity index (χ0n) is 11.7. The lowest BCUT2D eigenvalue weighted by Crippen LogP contribution is -2.29. The monoisotopic (exact) mass is 314 g/mol. The predicted molar refractivity (Wildman–Crippen MR) is 81.6 cm³/mol. The second-order valence-corrected chi connectivity index (χ2v) is 4.97. The maximum atomic E-state index is 11.1. The number of nitrogens with zero attached hydrogens (tertiary/aromatic N) is 2. The van der Waals surface area contributed by atoms with E-state index in [0.29, 0.717) is 18.2 Å². The van der Waals surface area contributed by atoms with E-state index in [1.165, 1.54) is 12.1 Å². The fourth-order valence-corrected chi connectivity index (χ4v) is 2.47. The molecular weight excluding hydrogens is 296 g/mol. The molecule has 0 bridgehead atoms. The van der Waals surface area contributed by atoms with Crippen LogP contribution in [0.25, 0.3) is 0 Å². The van der Waals surface area contributed by atoms with Crippen LogP contribution in [0.3, 0.4) is 0 Å². The molecule has 1 aromatic rings. The average molecular weight is 315 g/mol. The number of hydrogen-bond acceptors (Lipinski definition) is 5. The van der Waals surface area contributed by atoms with Gasteiger partial charge in [0.15, 0.2) is 0 Å². The summed E-state index contributed by atoms with van der Waals surface area (Å²) in [5.74, 6) is -0.656. The Balaban J connectivity index is 0.00000220. The van der Waals surface area contributed by atoms with Gasteiger partial charge in [-0.2, -0.15) is 0 Å². The summed E-state index contributed by atoms with van der Waals surface area (Å²) in [5.41, 5.74) is 5.88. The van der Waals surface area contributed by atoms with E-state index in [1.54, 1.807) is 6.07 Å². The number of benzene rings is 1. The van der Waals surface area contributed by atoms with Gasteiger partial charge < -0.3 is 11.1 Å². The molecule has 21 heavy (non-hydrogen) atoms. The summed E-state index contributed by atoms with van der Waals surface area (Å²) in [6.45, 7) is 2.28. The molecule has 1 heterocycles. The summed E-state index contributed by atoms with van der Waals surface area (Å²) in [4.78, 5) is 23.9. The molecule has 8 heteroatoms. The Kier molecular flexibility index (Phi) is 6.07. The number of nitro benzene ring substituents is 1. The Labute approximate surface area is 129 Å². The Hall–Kier alpha value is -1.70. The minimum Gasteiger partial charge on any atom is -0.366 e. The number of amides is 1. The molecule has 0 radical (unpaired) electrons. The molecule has 1 fully saturated rings. The number of carbonyl (C=O) groups excluding carboxylic acids is 1. The predicted octanol–water partition coefficient (Wildman–Crippen LogP) is 0.909. The molecule has 1 aromatic carbocycles. The number of likely N-dealkylation sites (tertiary alicyclic amines) is 1. The molecule has 1 unspecified atom stereocenters. The summed E-state index contributed by atoms with van der Waals surface area (Å²) in [6, 6.07) is 4.84. The smallest absolute Gasteiger partial charge is 0.274 e. The number of halogens is 1. The topological polar surface area (TPSA) is 102 Å². The summed E-state index contributed by atoms with van der Waals surface area (Å²) < 4.78 is 0. The third-order valence-corrected chi connectivity index (χ3v) is 3.64. The van der Waals surface area contributed by atoms with E-state index in [2.05, 4.69) is 10.2 Å². The number of nitro groups is 1. The van der Waals surface area contributed by atoms with Crippen molar-refractivity contribution in [2.75, 3.05) is 20.1 Å². The number of nitrogens with one attached hydrogen (secondary N) is 1. The molecule has 2 rings (SSSR count). The maximum Gasteiger partial charge on any atom is 0.274 e. The van der Waals surface area contributed by atoms with E-state index < -0.39 is 10.8 Å². The molecule has 1 saturated heterocycles. The molecule has 1 aliphatic heterocycles. The first-order chi connectivity index (χ1) is 9.51. The normalized spacial score (nSPS) is 18.2.